The summed E-state index contributed by atoms with van der Waals surface area (Å²) in [5, 5.41) is 16.1. The number of aliphatic hydroxyl groups is 1. The lowest BCUT2D eigenvalue weighted by molar-refractivity contribution is 0.101. The van der Waals surface area contributed by atoms with Crippen LogP contribution in [0.15, 0.2) is 28.8 Å². The summed E-state index contributed by atoms with van der Waals surface area (Å²) in [6.07, 6.45) is 0. The fourth-order valence-electron chi connectivity index (χ4n) is 1.66. The quantitative estimate of drug-likeness (QED) is 0.908. The van der Waals surface area contributed by atoms with Gasteiger partial charge in [0.15, 0.2) is 5.69 Å². The fourth-order valence-corrected chi connectivity index (χ4v) is 1.83. The third-order valence-corrected chi connectivity index (χ3v) is 3.06. The molecule has 0 radical (unpaired) electrons. The predicted molar refractivity (Wildman–Crippen MR) is 75.9 cm³/mol. The summed E-state index contributed by atoms with van der Waals surface area (Å²) in [6.45, 7) is 3.70. The van der Waals surface area contributed by atoms with Gasteiger partial charge in [-0.15, -0.1) is 0 Å². The average molecular weight is 295 g/mol. The zero-order valence-corrected chi connectivity index (χ0v) is 11.9. The molecule has 106 valence electrons. The van der Waals surface area contributed by atoms with Gasteiger partial charge in [0.25, 0.3) is 5.91 Å². The van der Waals surface area contributed by atoms with E-state index in [9.17, 15) is 9.90 Å². The Morgan fingerprint density at radius 3 is 2.80 bits per heavy atom. The number of amides is 1. The molecule has 1 aromatic carbocycles. The molecule has 1 heterocycles. The van der Waals surface area contributed by atoms with Crippen molar-refractivity contribution < 1.29 is 14.4 Å². The molecular weight excluding hydrogens is 280 g/mol. The first-order chi connectivity index (χ1) is 9.51. The monoisotopic (exact) mass is 294 g/mol. The molecule has 1 amide bonds. The summed E-state index contributed by atoms with van der Waals surface area (Å²) in [5.74, 6) is 0.393. The number of halogens is 1. The van der Waals surface area contributed by atoms with E-state index in [-0.39, 0.29) is 18.2 Å². The van der Waals surface area contributed by atoms with Crippen molar-refractivity contribution in [2.75, 3.05) is 5.32 Å². The van der Waals surface area contributed by atoms with Gasteiger partial charge in [-0.2, -0.15) is 0 Å². The summed E-state index contributed by atoms with van der Waals surface area (Å²) in [4.78, 5) is 12.1. The Morgan fingerprint density at radius 1 is 1.45 bits per heavy atom. The van der Waals surface area contributed by atoms with Crippen molar-refractivity contribution in [1.82, 2.24) is 5.16 Å². The number of aromatic nitrogens is 1. The minimum atomic E-state index is -0.405. The maximum atomic E-state index is 12.1. The molecule has 0 aliphatic rings. The number of nitrogens with one attached hydrogen (secondary N) is 1. The van der Waals surface area contributed by atoms with Gasteiger partial charge < -0.3 is 14.9 Å². The van der Waals surface area contributed by atoms with Crippen LogP contribution in [0.5, 0.6) is 0 Å². The molecule has 0 atom stereocenters. The molecule has 2 aromatic rings. The first kappa shape index (κ1) is 14.6. The lowest BCUT2D eigenvalue weighted by Gasteiger charge is -2.08. The average Bonchev–Trinajstić information content (AvgIpc) is 2.89. The standard InChI is InChI=1S/C14H15ClN2O3/c1-8(2)13-6-12(17-20-13)14(19)16-11-5-10(15)4-3-9(11)7-18/h3-6,8,18H,7H2,1-2H3,(H,16,19). The molecule has 0 fully saturated rings. The van der Waals surface area contributed by atoms with E-state index in [1.807, 2.05) is 13.8 Å². The van der Waals surface area contributed by atoms with E-state index in [1.54, 1.807) is 24.3 Å². The number of carbonyl (C=O) groups is 1. The van der Waals surface area contributed by atoms with Crippen molar-refractivity contribution in [3.05, 3.63) is 46.3 Å². The number of carbonyl (C=O) groups excluding carboxylic acids is 1. The minimum absolute atomic E-state index is 0.156. The molecular formula is C14H15ClN2O3. The Bertz CT molecular complexity index is 623. The van der Waals surface area contributed by atoms with Gasteiger partial charge in [-0.3, -0.25) is 4.79 Å². The van der Waals surface area contributed by atoms with Gasteiger partial charge in [-0.25, -0.2) is 0 Å². The largest absolute Gasteiger partial charge is 0.392 e. The van der Waals surface area contributed by atoms with Crippen LogP contribution < -0.4 is 5.32 Å². The number of benzene rings is 1. The van der Waals surface area contributed by atoms with E-state index >= 15 is 0 Å². The van der Waals surface area contributed by atoms with Crippen LogP contribution in [0.3, 0.4) is 0 Å². The van der Waals surface area contributed by atoms with E-state index in [0.29, 0.717) is 22.0 Å². The van der Waals surface area contributed by atoms with Crippen LogP contribution in [0.4, 0.5) is 5.69 Å². The number of nitrogens with zero attached hydrogens (tertiary/aromatic N) is 1. The number of hydrogen-bond donors (Lipinski definition) is 2. The number of hydrogen-bond acceptors (Lipinski definition) is 4. The molecule has 6 heteroatoms. The van der Waals surface area contributed by atoms with E-state index < -0.39 is 5.91 Å². The molecule has 0 aliphatic heterocycles. The first-order valence-corrected chi connectivity index (χ1v) is 6.56. The summed E-state index contributed by atoms with van der Waals surface area (Å²) in [7, 11) is 0. The third kappa shape index (κ3) is 3.18. The first-order valence-electron chi connectivity index (χ1n) is 6.18. The Balaban J connectivity index is 2.20. The lowest BCUT2D eigenvalue weighted by Crippen LogP contribution is -2.13. The highest BCUT2D eigenvalue weighted by molar-refractivity contribution is 6.31. The SMILES string of the molecule is CC(C)c1cc(C(=O)Nc2cc(Cl)ccc2CO)no1. The Hall–Kier alpha value is -1.85. The van der Waals surface area contributed by atoms with Gasteiger partial charge in [-0.05, 0) is 12.1 Å². The highest BCUT2D eigenvalue weighted by atomic mass is 35.5. The zero-order chi connectivity index (χ0) is 14.7. The van der Waals surface area contributed by atoms with Crippen LogP contribution in [-0.4, -0.2) is 16.2 Å². The zero-order valence-electron chi connectivity index (χ0n) is 11.2. The van der Waals surface area contributed by atoms with Crippen molar-refractivity contribution >= 4 is 23.2 Å². The molecule has 0 aliphatic carbocycles. The predicted octanol–water partition coefficient (Wildman–Crippen LogP) is 3.20. The summed E-state index contributed by atoms with van der Waals surface area (Å²) < 4.78 is 5.08. The van der Waals surface area contributed by atoms with E-state index in [1.165, 1.54) is 0 Å². The maximum absolute atomic E-state index is 12.1. The molecule has 2 N–H and O–H groups in total. The smallest absolute Gasteiger partial charge is 0.277 e. The minimum Gasteiger partial charge on any atom is -0.392 e. The van der Waals surface area contributed by atoms with Crippen molar-refractivity contribution in [3.63, 3.8) is 0 Å². The van der Waals surface area contributed by atoms with E-state index in [2.05, 4.69) is 10.5 Å². The van der Waals surface area contributed by atoms with Crippen LogP contribution in [0.2, 0.25) is 5.02 Å². The highest BCUT2D eigenvalue weighted by Crippen LogP contribution is 2.22. The second-order valence-electron chi connectivity index (χ2n) is 4.68. The van der Waals surface area contributed by atoms with Gasteiger partial charge in [-0.1, -0.05) is 36.7 Å². The maximum Gasteiger partial charge on any atom is 0.277 e. The van der Waals surface area contributed by atoms with Crippen molar-refractivity contribution in [2.45, 2.75) is 26.4 Å². The second-order valence-corrected chi connectivity index (χ2v) is 5.12. The van der Waals surface area contributed by atoms with E-state index in [0.717, 1.165) is 0 Å². The molecule has 0 bridgehead atoms. The molecule has 1 aromatic heterocycles. The number of aliphatic hydroxyl groups excluding tert-OH is 1. The lowest BCUT2D eigenvalue weighted by atomic mass is 10.1. The second kappa shape index (κ2) is 6.07. The van der Waals surface area contributed by atoms with Crippen LogP contribution in [-0.2, 0) is 6.61 Å². The summed E-state index contributed by atoms with van der Waals surface area (Å²) >= 11 is 5.88. The Kier molecular flexibility index (Phi) is 4.42. The molecule has 2 rings (SSSR count). The summed E-state index contributed by atoms with van der Waals surface area (Å²) in [5.41, 5.74) is 1.23. The number of anilines is 1. The fraction of sp³-hybridized carbons (Fsp3) is 0.286. The van der Waals surface area contributed by atoms with Crippen molar-refractivity contribution in [3.8, 4) is 0 Å². The van der Waals surface area contributed by atoms with E-state index in [4.69, 9.17) is 16.1 Å². The molecule has 0 saturated heterocycles. The van der Waals surface area contributed by atoms with Crippen molar-refractivity contribution in [1.29, 1.82) is 0 Å². The Labute approximate surface area is 121 Å². The third-order valence-electron chi connectivity index (χ3n) is 2.82. The van der Waals surface area contributed by atoms with Crippen LogP contribution in [0.1, 0.15) is 41.6 Å². The highest BCUT2D eigenvalue weighted by Gasteiger charge is 2.15. The van der Waals surface area contributed by atoms with Crippen molar-refractivity contribution in [2.24, 2.45) is 0 Å². The molecule has 0 unspecified atom stereocenters. The van der Waals surface area contributed by atoms with Crippen LogP contribution >= 0.6 is 11.6 Å². The molecule has 0 saturated carbocycles. The number of rotatable bonds is 4. The molecule has 5 nitrogen and oxygen atoms in total. The van der Waals surface area contributed by atoms with Crippen LogP contribution in [0.25, 0.3) is 0 Å². The van der Waals surface area contributed by atoms with Crippen LogP contribution in [0, 0.1) is 0 Å². The molecule has 20 heavy (non-hydrogen) atoms. The molecule has 0 spiro atoms. The van der Waals surface area contributed by atoms with Gasteiger partial charge in [0.2, 0.25) is 0 Å². The van der Waals surface area contributed by atoms with Gasteiger partial charge in [0.1, 0.15) is 5.76 Å². The topological polar surface area (TPSA) is 75.4 Å². The summed E-state index contributed by atoms with van der Waals surface area (Å²) in [6, 6.07) is 6.48. The van der Waals surface area contributed by atoms with Gasteiger partial charge in [0, 0.05) is 28.3 Å². The Morgan fingerprint density at radius 2 is 2.20 bits per heavy atom. The van der Waals surface area contributed by atoms with Gasteiger partial charge in [0.05, 0.1) is 6.61 Å². The normalized spacial score (nSPS) is 10.8. The van der Waals surface area contributed by atoms with Gasteiger partial charge >= 0.3 is 0 Å².